The highest BCUT2D eigenvalue weighted by atomic mass is 16.2. The lowest BCUT2D eigenvalue weighted by Gasteiger charge is -2.38. The Morgan fingerprint density at radius 2 is 1.95 bits per heavy atom. The van der Waals surface area contributed by atoms with Crippen molar-refractivity contribution in [2.45, 2.75) is 38.5 Å². The molecule has 1 heterocycles. The molecule has 1 aliphatic heterocycles. The first-order valence-electron chi connectivity index (χ1n) is 8.10. The zero-order chi connectivity index (χ0) is 15.3. The molecule has 0 bridgehead atoms. The van der Waals surface area contributed by atoms with E-state index in [-0.39, 0.29) is 11.3 Å². The van der Waals surface area contributed by atoms with Gasteiger partial charge in [-0.3, -0.25) is 4.79 Å². The molecule has 0 fully saturated rings. The van der Waals surface area contributed by atoms with Gasteiger partial charge in [-0.2, -0.15) is 0 Å². The molecule has 0 N–H and O–H groups in total. The van der Waals surface area contributed by atoms with Crippen molar-refractivity contribution in [3.63, 3.8) is 0 Å². The maximum atomic E-state index is 12.2. The molecule has 1 amide bonds. The molecule has 2 aromatic rings. The fourth-order valence-electron chi connectivity index (χ4n) is 4.59. The molecule has 0 aromatic heterocycles. The van der Waals surface area contributed by atoms with E-state index in [1.807, 2.05) is 11.0 Å². The van der Waals surface area contributed by atoms with Crippen LogP contribution >= 0.6 is 0 Å². The highest BCUT2D eigenvalue weighted by molar-refractivity contribution is 5.95. The summed E-state index contributed by atoms with van der Waals surface area (Å²) in [6, 6.07) is 15.1. The van der Waals surface area contributed by atoms with Crippen molar-refractivity contribution in [3.05, 3.63) is 64.7 Å². The molecule has 0 saturated heterocycles. The van der Waals surface area contributed by atoms with Crippen LogP contribution in [0.15, 0.2) is 42.5 Å². The molecule has 2 nitrogen and oxygen atoms in total. The molecule has 22 heavy (non-hydrogen) atoms. The van der Waals surface area contributed by atoms with Gasteiger partial charge in [0.15, 0.2) is 0 Å². The number of hydrogen-bond acceptors (Lipinski definition) is 1. The quantitative estimate of drug-likeness (QED) is 0.719. The molecule has 0 saturated carbocycles. The van der Waals surface area contributed by atoms with Gasteiger partial charge in [0.25, 0.3) is 0 Å². The minimum absolute atomic E-state index is 0.0127. The van der Waals surface area contributed by atoms with Crippen LogP contribution in [0.5, 0.6) is 0 Å². The number of nitrogens with zero attached hydrogens (tertiary/aromatic N) is 1. The standard InChI is InChI=1S/C20H21NO/c1-14-7-5-8-16-9-6-12-20(19(14)16)13-21(15(2)22)18-11-4-3-10-17(18)20/h3-5,7-8,10-11H,6,9,12-13H2,1-2H3. The van der Waals surface area contributed by atoms with Crippen LogP contribution in [0.2, 0.25) is 0 Å². The number of rotatable bonds is 0. The Morgan fingerprint density at radius 3 is 2.77 bits per heavy atom. The van der Waals surface area contributed by atoms with Crippen LogP contribution in [0.1, 0.15) is 42.0 Å². The summed E-state index contributed by atoms with van der Waals surface area (Å²) in [5.74, 6) is 0.144. The van der Waals surface area contributed by atoms with Crippen molar-refractivity contribution in [1.82, 2.24) is 0 Å². The maximum absolute atomic E-state index is 12.2. The van der Waals surface area contributed by atoms with Crippen molar-refractivity contribution in [1.29, 1.82) is 0 Å². The molecule has 1 unspecified atom stereocenters. The second-order valence-electron chi connectivity index (χ2n) is 6.67. The van der Waals surface area contributed by atoms with E-state index < -0.39 is 0 Å². The van der Waals surface area contributed by atoms with Crippen LogP contribution in [0, 0.1) is 6.92 Å². The fraction of sp³-hybridized carbons (Fsp3) is 0.350. The van der Waals surface area contributed by atoms with Gasteiger partial charge in [-0.05, 0) is 54.5 Å². The van der Waals surface area contributed by atoms with Crippen molar-refractivity contribution in [3.8, 4) is 0 Å². The topological polar surface area (TPSA) is 20.3 Å². The Labute approximate surface area is 131 Å². The third-order valence-electron chi connectivity index (χ3n) is 5.41. The largest absolute Gasteiger partial charge is 0.311 e. The molecule has 2 heteroatoms. The van der Waals surface area contributed by atoms with Crippen LogP contribution in [-0.2, 0) is 16.6 Å². The third kappa shape index (κ3) is 1.70. The van der Waals surface area contributed by atoms with Gasteiger partial charge in [-0.1, -0.05) is 36.4 Å². The number of carbonyl (C=O) groups excluding carboxylic acids is 1. The Balaban J connectivity index is 2.00. The van der Waals surface area contributed by atoms with Gasteiger partial charge in [0.2, 0.25) is 5.91 Å². The lowest BCUT2D eigenvalue weighted by Crippen LogP contribution is -2.39. The molecule has 4 rings (SSSR count). The van der Waals surface area contributed by atoms with Crippen molar-refractivity contribution in [2.75, 3.05) is 11.4 Å². The average Bonchev–Trinajstić information content (AvgIpc) is 2.84. The normalized spacial score (nSPS) is 22.5. The van der Waals surface area contributed by atoms with E-state index in [2.05, 4.69) is 43.3 Å². The van der Waals surface area contributed by atoms with Crippen LogP contribution in [0.3, 0.4) is 0 Å². The van der Waals surface area contributed by atoms with Gasteiger partial charge in [-0.25, -0.2) is 0 Å². The fourth-order valence-corrected chi connectivity index (χ4v) is 4.59. The van der Waals surface area contributed by atoms with Crippen LogP contribution in [0.25, 0.3) is 0 Å². The Hall–Kier alpha value is -2.09. The lowest BCUT2D eigenvalue weighted by molar-refractivity contribution is -0.116. The highest BCUT2D eigenvalue weighted by Crippen LogP contribution is 2.52. The van der Waals surface area contributed by atoms with E-state index in [0.717, 1.165) is 25.1 Å². The second kappa shape index (κ2) is 4.70. The third-order valence-corrected chi connectivity index (χ3v) is 5.41. The number of benzene rings is 2. The molecule has 0 radical (unpaired) electrons. The number of para-hydroxylation sites is 1. The Kier molecular flexibility index (Phi) is 2.90. The molecule has 112 valence electrons. The molecule has 2 aromatic carbocycles. The number of fused-ring (bicyclic) bond motifs is 4. The smallest absolute Gasteiger partial charge is 0.223 e. The Bertz CT molecular complexity index is 764. The number of anilines is 1. The van der Waals surface area contributed by atoms with Crippen LogP contribution in [-0.4, -0.2) is 12.5 Å². The van der Waals surface area contributed by atoms with Gasteiger partial charge in [0.1, 0.15) is 0 Å². The van der Waals surface area contributed by atoms with Crippen molar-refractivity contribution in [2.24, 2.45) is 0 Å². The van der Waals surface area contributed by atoms with E-state index in [9.17, 15) is 4.79 Å². The number of carbonyl (C=O) groups is 1. The minimum atomic E-state index is -0.0127. The number of amides is 1. The van der Waals surface area contributed by atoms with Gasteiger partial charge in [-0.15, -0.1) is 0 Å². The lowest BCUT2D eigenvalue weighted by atomic mass is 9.65. The first-order chi connectivity index (χ1) is 10.6. The predicted molar refractivity (Wildman–Crippen MR) is 89.4 cm³/mol. The summed E-state index contributed by atoms with van der Waals surface area (Å²) in [5, 5.41) is 0. The zero-order valence-corrected chi connectivity index (χ0v) is 13.2. The minimum Gasteiger partial charge on any atom is -0.311 e. The van der Waals surface area contributed by atoms with Gasteiger partial charge >= 0.3 is 0 Å². The summed E-state index contributed by atoms with van der Waals surface area (Å²) in [6.07, 6.45) is 3.48. The number of hydrogen-bond donors (Lipinski definition) is 0. The Morgan fingerprint density at radius 1 is 1.14 bits per heavy atom. The van der Waals surface area contributed by atoms with Crippen molar-refractivity contribution >= 4 is 11.6 Å². The molecule has 1 aliphatic carbocycles. The second-order valence-corrected chi connectivity index (χ2v) is 6.67. The maximum Gasteiger partial charge on any atom is 0.223 e. The van der Waals surface area contributed by atoms with E-state index in [1.54, 1.807) is 6.92 Å². The molecular formula is C20H21NO. The number of aryl methyl sites for hydroxylation is 2. The van der Waals surface area contributed by atoms with Gasteiger partial charge in [0, 0.05) is 24.6 Å². The molecule has 1 atom stereocenters. The molecule has 2 aliphatic rings. The zero-order valence-electron chi connectivity index (χ0n) is 13.2. The first-order valence-corrected chi connectivity index (χ1v) is 8.10. The highest BCUT2D eigenvalue weighted by Gasteiger charge is 2.47. The van der Waals surface area contributed by atoms with E-state index in [0.29, 0.717) is 0 Å². The van der Waals surface area contributed by atoms with Crippen LogP contribution in [0.4, 0.5) is 5.69 Å². The summed E-state index contributed by atoms with van der Waals surface area (Å²) >= 11 is 0. The van der Waals surface area contributed by atoms with Gasteiger partial charge < -0.3 is 4.90 Å². The average molecular weight is 291 g/mol. The van der Waals surface area contributed by atoms with E-state index in [1.165, 1.54) is 28.7 Å². The summed E-state index contributed by atoms with van der Waals surface area (Å²) in [5.41, 5.74) is 6.72. The molecular weight excluding hydrogens is 270 g/mol. The van der Waals surface area contributed by atoms with E-state index >= 15 is 0 Å². The SMILES string of the molecule is CC(=O)N1CC2(CCCc3cccc(C)c32)c2ccccc21. The van der Waals surface area contributed by atoms with E-state index in [4.69, 9.17) is 0 Å². The first kappa shape index (κ1) is 13.6. The predicted octanol–water partition coefficient (Wildman–Crippen LogP) is 3.98. The summed E-state index contributed by atoms with van der Waals surface area (Å²) in [6.45, 7) is 4.68. The van der Waals surface area contributed by atoms with Crippen molar-refractivity contribution < 1.29 is 4.79 Å². The summed E-state index contributed by atoms with van der Waals surface area (Å²) < 4.78 is 0. The monoisotopic (exact) mass is 291 g/mol. The molecule has 1 spiro atoms. The van der Waals surface area contributed by atoms with Gasteiger partial charge in [0.05, 0.1) is 0 Å². The van der Waals surface area contributed by atoms with Crippen LogP contribution < -0.4 is 4.90 Å². The summed E-state index contributed by atoms with van der Waals surface area (Å²) in [7, 11) is 0. The summed E-state index contributed by atoms with van der Waals surface area (Å²) in [4.78, 5) is 14.1.